The third-order valence-electron chi connectivity index (χ3n) is 2.81. The quantitative estimate of drug-likeness (QED) is 0.311. The van der Waals surface area contributed by atoms with Crippen molar-refractivity contribution in [3.05, 3.63) is 56.6 Å². The van der Waals surface area contributed by atoms with Crippen LogP contribution in [0.15, 0.2) is 36.4 Å². The Bertz CT molecular complexity index is 753. The average molecular weight is 433 g/mol. The molecule has 0 aromatic heterocycles. The fourth-order valence-corrected chi connectivity index (χ4v) is 2.27. The summed E-state index contributed by atoms with van der Waals surface area (Å²) in [5, 5.41) is 11.2. The first-order valence-corrected chi connectivity index (χ1v) is 8.68. The second-order valence-corrected chi connectivity index (χ2v) is 6.71. The van der Waals surface area contributed by atoms with Gasteiger partial charge in [-0.15, -0.1) is 0 Å². The number of ether oxygens (including phenoxy) is 2. The van der Waals surface area contributed by atoms with Crippen molar-refractivity contribution in [2.45, 2.75) is 54.8 Å². The van der Waals surface area contributed by atoms with Crippen molar-refractivity contribution in [2.75, 3.05) is 5.73 Å². The number of nitrogens with zero attached hydrogens (tertiary/aromatic N) is 1. The molecule has 0 bridgehead atoms. The lowest BCUT2D eigenvalue weighted by atomic mass is 10.3. The number of anilines is 1. The fraction of sp³-hybridized carbons (Fsp3) is 0.400. The van der Waals surface area contributed by atoms with Gasteiger partial charge in [-0.3, -0.25) is 10.1 Å². The van der Waals surface area contributed by atoms with Gasteiger partial charge in [-0.1, -0.05) is 38.1 Å². The van der Waals surface area contributed by atoms with Crippen LogP contribution in [0.25, 0.3) is 0 Å². The van der Waals surface area contributed by atoms with Crippen LogP contribution in [-0.2, 0) is 0 Å². The summed E-state index contributed by atoms with van der Waals surface area (Å²) in [7, 11) is 0. The lowest BCUT2D eigenvalue weighted by Gasteiger charge is -2.11. The highest BCUT2D eigenvalue weighted by molar-refractivity contribution is 6.32. The van der Waals surface area contributed by atoms with Crippen LogP contribution in [0.4, 0.5) is 11.4 Å². The number of hydrogen-bond acceptors (Lipinski definition) is 5. The number of non-ortho nitro benzene ring substituents is 1. The molecule has 0 saturated heterocycles. The Labute approximate surface area is 177 Å². The number of halogens is 2. The molecule has 2 aromatic carbocycles. The number of nitrogen functional groups attached to an aromatic ring is 1. The highest BCUT2D eigenvalue weighted by Crippen LogP contribution is 2.29. The average Bonchev–Trinajstić information content (AvgIpc) is 2.52. The van der Waals surface area contributed by atoms with Gasteiger partial charge in [0.15, 0.2) is 0 Å². The van der Waals surface area contributed by atoms with Gasteiger partial charge in [-0.2, -0.15) is 0 Å². The summed E-state index contributed by atoms with van der Waals surface area (Å²) in [6.45, 7) is 7.62. The zero-order valence-corrected chi connectivity index (χ0v) is 16.5. The van der Waals surface area contributed by atoms with Gasteiger partial charge in [0.1, 0.15) is 11.5 Å². The molecule has 2 aromatic rings. The summed E-state index contributed by atoms with van der Waals surface area (Å²) in [5.74, 6) is 1.15. The lowest BCUT2D eigenvalue weighted by Crippen LogP contribution is -2.05. The predicted octanol–water partition coefficient (Wildman–Crippen LogP) is 7.02. The van der Waals surface area contributed by atoms with Crippen LogP contribution < -0.4 is 15.2 Å². The molecule has 28 heavy (non-hydrogen) atoms. The zero-order chi connectivity index (χ0) is 19.9. The summed E-state index contributed by atoms with van der Waals surface area (Å²) in [4.78, 5) is 9.90. The summed E-state index contributed by atoms with van der Waals surface area (Å²) >= 11 is 11.7. The molecule has 0 fully saturated rings. The molecule has 0 heterocycles. The van der Waals surface area contributed by atoms with Gasteiger partial charge in [-0.05, 0) is 52.0 Å². The van der Waals surface area contributed by atoms with E-state index in [9.17, 15) is 10.1 Å². The topological polar surface area (TPSA) is 87.6 Å². The van der Waals surface area contributed by atoms with Crippen molar-refractivity contribution < 1.29 is 14.4 Å². The van der Waals surface area contributed by atoms with Gasteiger partial charge in [0.05, 0.1) is 27.2 Å². The van der Waals surface area contributed by atoms with E-state index in [2.05, 4.69) is 0 Å². The van der Waals surface area contributed by atoms with Crippen molar-refractivity contribution >= 4 is 34.6 Å². The molecule has 2 rings (SSSR count). The SMILES string of the molecule is C.C.CC(C)Oc1ccc(N)cc1Cl.CC(C)Oc1ccc([N+](=O)[O-])cc1Cl. The standard InChI is InChI=1S/C9H10ClNO3.C9H12ClNO.2CH4/c1-6(2)14-9-4-3-7(11(12)13)5-8(9)10;1-6(2)12-9-4-3-7(11)5-8(9)10;;/h3-6H,1-2H3;3-6H,11H2,1-2H3;2*1H4. The summed E-state index contributed by atoms with van der Waals surface area (Å²) in [6, 6.07) is 9.36. The number of nitro groups is 1. The zero-order valence-electron chi connectivity index (χ0n) is 15.0. The molecule has 158 valence electrons. The maximum absolute atomic E-state index is 10.4. The Hall–Kier alpha value is -2.18. The van der Waals surface area contributed by atoms with Crippen molar-refractivity contribution in [1.82, 2.24) is 0 Å². The Kier molecular flexibility index (Phi) is 13.1. The largest absolute Gasteiger partial charge is 0.489 e. The number of nitrogens with two attached hydrogens (primary N) is 1. The van der Waals surface area contributed by atoms with Crippen molar-refractivity contribution in [2.24, 2.45) is 0 Å². The summed E-state index contributed by atoms with van der Waals surface area (Å²) < 4.78 is 10.7. The molecule has 0 spiro atoms. The van der Waals surface area contributed by atoms with E-state index in [0.29, 0.717) is 22.2 Å². The van der Waals surface area contributed by atoms with Gasteiger partial charge < -0.3 is 15.2 Å². The highest BCUT2D eigenvalue weighted by Gasteiger charge is 2.10. The number of rotatable bonds is 5. The fourth-order valence-electron chi connectivity index (χ4n) is 1.82. The number of hydrogen-bond donors (Lipinski definition) is 1. The Balaban J connectivity index is 0. The van der Waals surface area contributed by atoms with E-state index in [0.717, 1.165) is 0 Å². The van der Waals surface area contributed by atoms with Gasteiger partial charge in [0.2, 0.25) is 0 Å². The molecule has 0 atom stereocenters. The van der Waals surface area contributed by atoms with Crippen LogP contribution >= 0.6 is 23.2 Å². The van der Waals surface area contributed by atoms with Crippen molar-refractivity contribution in [3.63, 3.8) is 0 Å². The van der Waals surface area contributed by atoms with E-state index in [1.165, 1.54) is 18.2 Å². The van der Waals surface area contributed by atoms with Gasteiger partial charge in [0.25, 0.3) is 5.69 Å². The normalized spacial score (nSPS) is 9.57. The molecule has 0 saturated carbocycles. The van der Waals surface area contributed by atoms with E-state index in [1.54, 1.807) is 18.2 Å². The molecule has 0 aliphatic carbocycles. The van der Waals surface area contributed by atoms with E-state index >= 15 is 0 Å². The maximum atomic E-state index is 10.4. The summed E-state index contributed by atoms with van der Waals surface area (Å²) in [5.41, 5.74) is 6.13. The Morgan fingerprint density at radius 2 is 1.32 bits per heavy atom. The van der Waals surface area contributed by atoms with Crippen LogP contribution in [0.5, 0.6) is 11.5 Å². The van der Waals surface area contributed by atoms with Crippen LogP contribution in [0, 0.1) is 10.1 Å². The van der Waals surface area contributed by atoms with E-state index in [4.69, 9.17) is 38.4 Å². The minimum Gasteiger partial charge on any atom is -0.489 e. The molecule has 6 nitrogen and oxygen atoms in total. The van der Waals surface area contributed by atoms with Crippen LogP contribution in [0.1, 0.15) is 42.5 Å². The van der Waals surface area contributed by atoms with Crippen molar-refractivity contribution in [3.8, 4) is 11.5 Å². The first kappa shape index (κ1) is 28.0. The van der Waals surface area contributed by atoms with Crippen LogP contribution in [0.3, 0.4) is 0 Å². The monoisotopic (exact) mass is 432 g/mol. The van der Waals surface area contributed by atoms with Crippen LogP contribution in [0.2, 0.25) is 10.0 Å². The molecular formula is C20H30Cl2N2O4. The first-order chi connectivity index (χ1) is 12.1. The van der Waals surface area contributed by atoms with Crippen LogP contribution in [-0.4, -0.2) is 17.1 Å². The molecule has 0 radical (unpaired) electrons. The molecule has 0 aliphatic rings. The minimum atomic E-state index is -0.495. The smallest absolute Gasteiger partial charge is 0.271 e. The second kappa shape index (κ2) is 13.1. The Morgan fingerprint density at radius 1 is 0.893 bits per heavy atom. The lowest BCUT2D eigenvalue weighted by molar-refractivity contribution is -0.384. The highest BCUT2D eigenvalue weighted by atomic mass is 35.5. The Morgan fingerprint density at radius 3 is 1.68 bits per heavy atom. The van der Waals surface area contributed by atoms with Gasteiger partial charge in [0, 0.05) is 17.8 Å². The maximum Gasteiger partial charge on any atom is 0.271 e. The molecule has 2 N–H and O–H groups in total. The third kappa shape index (κ3) is 9.67. The van der Waals surface area contributed by atoms with E-state index in [-0.39, 0.29) is 37.8 Å². The molecular weight excluding hydrogens is 403 g/mol. The van der Waals surface area contributed by atoms with E-state index < -0.39 is 4.92 Å². The predicted molar refractivity (Wildman–Crippen MR) is 119 cm³/mol. The molecule has 8 heteroatoms. The molecule has 0 amide bonds. The third-order valence-corrected chi connectivity index (χ3v) is 3.40. The summed E-state index contributed by atoms with van der Waals surface area (Å²) in [6.07, 6.45) is 0.125. The van der Waals surface area contributed by atoms with Gasteiger partial charge in [-0.25, -0.2) is 0 Å². The number of benzene rings is 2. The van der Waals surface area contributed by atoms with Gasteiger partial charge >= 0.3 is 0 Å². The molecule has 0 unspecified atom stereocenters. The minimum absolute atomic E-state index is 0. The molecule has 0 aliphatic heterocycles. The van der Waals surface area contributed by atoms with Crippen molar-refractivity contribution in [1.29, 1.82) is 0 Å². The first-order valence-electron chi connectivity index (χ1n) is 7.92. The second-order valence-electron chi connectivity index (χ2n) is 5.89. The number of nitro benzene ring substituents is 1. The van der Waals surface area contributed by atoms with E-state index in [1.807, 2.05) is 27.7 Å².